The van der Waals surface area contributed by atoms with Crippen LogP contribution in [-0.2, 0) is 29.3 Å². The fourth-order valence-corrected chi connectivity index (χ4v) is 5.32. The lowest BCUT2D eigenvalue weighted by Gasteiger charge is -2.42. The third-order valence-electron chi connectivity index (χ3n) is 7.83. The number of nitrogens with zero attached hydrogens (tertiary/aromatic N) is 2. The van der Waals surface area contributed by atoms with E-state index in [9.17, 15) is 24.3 Å². The fourth-order valence-electron chi connectivity index (χ4n) is 5.32. The molecule has 0 aromatic heterocycles. The molecule has 5 atom stereocenters. The largest absolute Gasteiger partial charge is 0.481 e. The minimum Gasteiger partial charge on any atom is -0.481 e. The van der Waals surface area contributed by atoms with Crippen LogP contribution in [0.4, 0.5) is 4.79 Å². The first-order chi connectivity index (χ1) is 19.3. The molecule has 10 heteroatoms. The Balaban J connectivity index is 3.53. The molecule has 0 saturated heterocycles. The lowest BCUT2D eigenvalue weighted by molar-refractivity contribution is -0.148. The summed E-state index contributed by atoms with van der Waals surface area (Å²) in [5.41, 5.74) is -0.810. The molecule has 0 saturated carbocycles. The van der Waals surface area contributed by atoms with Crippen LogP contribution in [0.25, 0.3) is 0 Å². The number of hydrogen-bond acceptors (Lipinski definition) is 6. The van der Waals surface area contributed by atoms with E-state index in [0.29, 0.717) is 6.42 Å². The van der Waals surface area contributed by atoms with Crippen LogP contribution in [0.5, 0.6) is 0 Å². The van der Waals surface area contributed by atoms with Gasteiger partial charge >= 0.3 is 12.1 Å². The molecule has 0 spiro atoms. The Morgan fingerprint density at radius 3 is 1.93 bits per heavy atom. The van der Waals surface area contributed by atoms with Crippen LogP contribution in [0.3, 0.4) is 0 Å². The van der Waals surface area contributed by atoms with Gasteiger partial charge in [-0.2, -0.15) is 0 Å². The number of rotatable bonds is 14. The van der Waals surface area contributed by atoms with Crippen molar-refractivity contribution in [2.24, 2.45) is 11.8 Å². The maximum Gasteiger partial charge on any atom is 0.410 e. The van der Waals surface area contributed by atoms with Crippen molar-refractivity contribution in [3.8, 4) is 0 Å². The Labute approximate surface area is 252 Å². The van der Waals surface area contributed by atoms with E-state index in [1.807, 2.05) is 71.9 Å². The zero-order chi connectivity index (χ0) is 32.6. The van der Waals surface area contributed by atoms with Gasteiger partial charge in [0.1, 0.15) is 17.7 Å². The first kappa shape index (κ1) is 36.9. The Bertz CT molecular complexity index is 1050. The van der Waals surface area contributed by atoms with E-state index < -0.39 is 53.2 Å². The molecule has 1 aromatic carbocycles. The van der Waals surface area contributed by atoms with Crippen LogP contribution in [-0.4, -0.2) is 89.8 Å². The van der Waals surface area contributed by atoms with Crippen LogP contribution >= 0.6 is 0 Å². The van der Waals surface area contributed by atoms with Crippen molar-refractivity contribution in [2.45, 2.75) is 110 Å². The summed E-state index contributed by atoms with van der Waals surface area (Å²) >= 11 is 0. The van der Waals surface area contributed by atoms with Crippen molar-refractivity contribution in [2.75, 3.05) is 21.2 Å². The smallest absolute Gasteiger partial charge is 0.410 e. The van der Waals surface area contributed by atoms with Crippen LogP contribution in [0.15, 0.2) is 30.3 Å². The van der Waals surface area contributed by atoms with Crippen LogP contribution < -0.4 is 5.32 Å². The number of amides is 3. The quantitative estimate of drug-likeness (QED) is 0.321. The zero-order valence-corrected chi connectivity index (χ0v) is 27.6. The van der Waals surface area contributed by atoms with Gasteiger partial charge in [0.15, 0.2) is 0 Å². The number of carbonyl (C=O) groups excluding carboxylic acids is 3. The first-order valence-electron chi connectivity index (χ1n) is 14.6. The molecule has 0 heterocycles. The molecule has 3 amide bonds. The molecule has 0 aliphatic rings. The summed E-state index contributed by atoms with van der Waals surface area (Å²) in [6, 6.07) is 6.89. The van der Waals surface area contributed by atoms with E-state index in [0.717, 1.165) is 5.56 Å². The van der Waals surface area contributed by atoms with Crippen LogP contribution in [0.1, 0.15) is 80.7 Å². The van der Waals surface area contributed by atoms with E-state index in [-0.39, 0.29) is 24.2 Å². The van der Waals surface area contributed by atoms with Crippen molar-refractivity contribution >= 4 is 23.9 Å². The third kappa shape index (κ3) is 9.71. The van der Waals surface area contributed by atoms with Crippen LogP contribution in [0.2, 0.25) is 0 Å². The predicted octanol–water partition coefficient (Wildman–Crippen LogP) is 4.70. The minimum absolute atomic E-state index is 0.0742. The highest BCUT2D eigenvalue weighted by Gasteiger charge is 2.45. The second-order valence-electron chi connectivity index (χ2n) is 13.0. The summed E-state index contributed by atoms with van der Waals surface area (Å²) in [5, 5.41) is 12.4. The maximum atomic E-state index is 14.2. The Kier molecular flexibility index (Phi) is 13.5. The number of likely N-dealkylation sites (N-methyl/N-ethyl adjacent to an activating group) is 2. The van der Waals surface area contributed by atoms with Crippen LogP contribution in [0, 0.1) is 11.8 Å². The minimum atomic E-state index is -1.03. The number of aliphatic carboxylic acids is 1. The molecule has 0 aliphatic heterocycles. The number of carboxylic acid groups (broad SMARTS) is 1. The molecular weight excluding hydrogens is 538 g/mol. The molecule has 0 fully saturated rings. The van der Waals surface area contributed by atoms with E-state index in [2.05, 4.69) is 5.32 Å². The van der Waals surface area contributed by atoms with E-state index in [4.69, 9.17) is 9.47 Å². The molecule has 0 radical (unpaired) electrons. The number of methoxy groups -OCH3 is 1. The maximum absolute atomic E-state index is 14.2. The summed E-state index contributed by atoms with van der Waals surface area (Å²) in [6.07, 6.45) is -0.979. The first-order valence-corrected chi connectivity index (χ1v) is 14.6. The van der Waals surface area contributed by atoms with Crippen molar-refractivity contribution in [1.29, 1.82) is 0 Å². The topological polar surface area (TPSA) is 125 Å². The second-order valence-corrected chi connectivity index (χ2v) is 13.0. The molecular formula is C32H53N3O7. The number of hydrogen-bond donors (Lipinski definition) is 2. The van der Waals surface area contributed by atoms with Gasteiger partial charge in [-0.05, 0) is 38.2 Å². The summed E-state index contributed by atoms with van der Waals surface area (Å²) in [5.74, 6) is -2.29. The fraction of sp³-hybridized carbons (Fsp3) is 0.688. The molecule has 1 rings (SSSR count). The molecule has 2 N–H and O–H groups in total. The van der Waals surface area contributed by atoms with Gasteiger partial charge in [0.05, 0.1) is 18.6 Å². The average Bonchev–Trinajstić information content (AvgIpc) is 2.89. The standard InChI is InChI=1S/C32H53N3O7/c1-13-21(4)26(23(41-12)19-24(36)37)34(10)29(39)25(20(2)3)33-28(38)27(35(11)30(40)42-31(5,6)7)32(8,9)22-17-15-14-16-18-22/h14-18,20-21,23,25-27H,13,19H2,1-12H3,(H,33,38)(H,36,37)/t21-,23+,25-,26-,27+/m0/s1. The van der Waals surface area contributed by atoms with Gasteiger partial charge < -0.3 is 24.8 Å². The number of ether oxygens (including phenoxy) is 2. The molecule has 238 valence electrons. The molecule has 0 aliphatic carbocycles. The van der Waals surface area contributed by atoms with Gasteiger partial charge in [-0.3, -0.25) is 19.3 Å². The Hall–Kier alpha value is -3.14. The third-order valence-corrected chi connectivity index (χ3v) is 7.83. The average molecular weight is 592 g/mol. The zero-order valence-electron chi connectivity index (χ0n) is 27.6. The van der Waals surface area contributed by atoms with Crippen molar-refractivity contribution in [3.63, 3.8) is 0 Å². The normalized spacial score (nSPS) is 15.6. The second kappa shape index (κ2) is 15.4. The van der Waals surface area contributed by atoms with Crippen molar-refractivity contribution < 1.29 is 33.8 Å². The number of carboxylic acids is 1. The van der Waals surface area contributed by atoms with E-state index in [1.165, 1.54) is 24.0 Å². The Morgan fingerprint density at radius 1 is 0.952 bits per heavy atom. The van der Waals surface area contributed by atoms with E-state index >= 15 is 0 Å². The van der Waals surface area contributed by atoms with Gasteiger partial charge in [0, 0.05) is 26.6 Å². The van der Waals surface area contributed by atoms with Gasteiger partial charge in [0.25, 0.3) is 0 Å². The SMILES string of the molecule is CC[C@H](C)[C@@H]([C@@H](CC(=O)O)OC)N(C)C(=O)[C@@H](NC(=O)[C@@H](N(C)C(=O)OC(C)(C)C)C(C)(C)c1ccccc1)C(C)C. The highest BCUT2D eigenvalue weighted by molar-refractivity contribution is 5.92. The van der Waals surface area contributed by atoms with Gasteiger partial charge in [-0.15, -0.1) is 0 Å². The highest BCUT2D eigenvalue weighted by atomic mass is 16.6. The summed E-state index contributed by atoms with van der Waals surface area (Å²) in [6.45, 7) is 16.6. The molecule has 1 aromatic rings. The van der Waals surface area contributed by atoms with Gasteiger partial charge in [-0.1, -0.05) is 78.3 Å². The lowest BCUT2D eigenvalue weighted by Crippen LogP contribution is -2.62. The summed E-state index contributed by atoms with van der Waals surface area (Å²) < 4.78 is 11.2. The van der Waals surface area contributed by atoms with Crippen molar-refractivity contribution in [3.05, 3.63) is 35.9 Å². The molecule has 10 nitrogen and oxygen atoms in total. The number of benzene rings is 1. The summed E-state index contributed by atoms with van der Waals surface area (Å²) in [7, 11) is 4.58. The molecule has 42 heavy (non-hydrogen) atoms. The predicted molar refractivity (Wildman–Crippen MR) is 163 cm³/mol. The highest BCUT2D eigenvalue weighted by Crippen LogP contribution is 2.32. The lowest BCUT2D eigenvalue weighted by atomic mass is 9.76. The van der Waals surface area contributed by atoms with Crippen molar-refractivity contribution in [1.82, 2.24) is 15.1 Å². The number of nitrogens with one attached hydrogen (secondary N) is 1. The Morgan fingerprint density at radius 2 is 1.50 bits per heavy atom. The monoisotopic (exact) mass is 591 g/mol. The summed E-state index contributed by atoms with van der Waals surface area (Å²) in [4.78, 5) is 55.8. The van der Waals surface area contributed by atoms with E-state index in [1.54, 1.807) is 27.8 Å². The van der Waals surface area contributed by atoms with Gasteiger partial charge in [-0.25, -0.2) is 4.79 Å². The molecule has 0 bridgehead atoms. The molecule has 0 unspecified atom stereocenters. The number of carbonyl (C=O) groups is 4. The van der Waals surface area contributed by atoms with Gasteiger partial charge in [0.2, 0.25) is 11.8 Å².